The third-order valence-corrected chi connectivity index (χ3v) is 3.79. The topological polar surface area (TPSA) is 64.3 Å². The number of halogens is 1. The largest absolute Gasteiger partial charge is 0.383 e. The van der Waals surface area contributed by atoms with Gasteiger partial charge in [-0.3, -0.25) is 4.79 Å². The van der Waals surface area contributed by atoms with Gasteiger partial charge in [0.05, 0.1) is 6.61 Å². The minimum atomic E-state index is -0.538. The maximum atomic E-state index is 11.5. The van der Waals surface area contributed by atoms with Crippen LogP contribution in [0.4, 0.5) is 0 Å². The van der Waals surface area contributed by atoms with E-state index < -0.39 is 6.04 Å². The first-order chi connectivity index (χ1) is 8.15. The van der Waals surface area contributed by atoms with Crippen LogP contribution in [0.15, 0.2) is 0 Å². The fraction of sp³-hybridized carbons (Fsp3) is 0.923. The van der Waals surface area contributed by atoms with E-state index in [0.717, 1.165) is 24.8 Å². The van der Waals surface area contributed by atoms with Gasteiger partial charge < -0.3 is 15.8 Å². The van der Waals surface area contributed by atoms with Crippen LogP contribution in [0.5, 0.6) is 0 Å². The van der Waals surface area contributed by atoms with Crippen molar-refractivity contribution in [3.05, 3.63) is 0 Å². The van der Waals surface area contributed by atoms with Crippen molar-refractivity contribution in [2.24, 2.45) is 17.6 Å². The fourth-order valence-corrected chi connectivity index (χ4v) is 2.59. The lowest BCUT2D eigenvalue weighted by Gasteiger charge is -2.28. The summed E-state index contributed by atoms with van der Waals surface area (Å²) in [5.74, 6) is 1.46. The second-order valence-corrected chi connectivity index (χ2v) is 5.16. The average molecular weight is 279 g/mol. The van der Waals surface area contributed by atoms with Gasteiger partial charge in [0.15, 0.2) is 0 Å². The van der Waals surface area contributed by atoms with Crippen LogP contribution >= 0.6 is 12.4 Å². The van der Waals surface area contributed by atoms with Gasteiger partial charge in [-0.1, -0.05) is 32.6 Å². The Balaban J connectivity index is 0.00000289. The van der Waals surface area contributed by atoms with Crippen LogP contribution in [0, 0.1) is 11.8 Å². The SMILES string of the molecule is COCC(N)C(=O)NCCC1CCCCC1C.Cl. The van der Waals surface area contributed by atoms with Crippen molar-refractivity contribution in [1.82, 2.24) is 5.32 Å². The first kappa shape index (κ1) is 17.7. The third kappa shape index (κ3) is 6.03. The molecule has 0 aromatic heterocycles. The first-order valence-corrected chi connectivity index (χ1v) is 6.67. The lowest BCUT2D eigenvalue weighted by Crippen LogP contribution is -2.44. The lowest BCUT2D eigenvalue weighted by molar-refractivity contribution is -0.123. The van der Waals surface area contributed by atoms with Crippen LogP contribution in [0.3, 0.4) is 0 Å². The highest BCUT2D eigenvalue weighted by atomic mass is 35.5. The zero-order chi connectivity index (χ0) is 12.7. The molecular weight excluding hydrogens is 252 g/mol. The standard InChI is InChI=1S/C13H26N2O2.ClH/c1-10-5-3-4-6-11(10)7-8-15-13(16)12(14)9-17-2;/h10-12H,3-9,14H2,1-2H3,(H,15,16);1H. The minimum absolute atomic E-state index is 0. The summed E-state index contributed by atoms with van der Waals surface area (Å²) >= 11 is 0. The summed E-state index contributed by atoms with van der Waals surface area (Å²) in [4.78, 5) is 11.5. The number of carbonyl (C=O) groups excluding carboxylic acids is 1. The van der Waals surface area contributed by atoms with E-state index >= 15 is 0 Å². The maximum absolute atomic E-state index is 11.5. The van der Waals surface area contributed by atoms with Gasteiger partial charge in [-0.15, -0.1) is 12.4 Å². The van der Waals surface area contributed by atoms with E-state index in [-0.39, 0.29) is 24.9 Å². The summed E-state index contributed by atoms with van der Waals surface area (Å²) in [6, 6.07) is -0.538. The Morgan fingerprint density at radius 3 is 2.72 bits per heavy atom. The molecule has 3 unspecified atom stereocenters. The highest BCUT2D eigenvalue weighted by Gasteiger charge is 2.21. The maximum Gasteiger partial charge on any atom is 0.239 e. The Labute approximate surface area is 116 Å². The number of carbonyl (C=O) groups is 1. The number of ether oxygens (including phenoxy) is 1. The molecule has 1 rings (SSSR count). The molecule has 3 atom stereocenters. The molecule has 0 aromatic carbocycles. The minimum Gasteiger partial charge on any atom is -0.383 e. The summed E-state index contributed by atoms with van der Waals surface area (Å²) in [6.07, 6.45) is 6.42. The number of nitrogens with two attached hydrogens (primary N) is 1. The van der Waals surface area contributed by atoms with Crippen LogP contribution < -0.4 is 11.1 Å². The first-order valence-electron chi connectivity index (χ1n) is 6.67. The second kappa shape index (κ2) is 9.59. The molecule has 0 spiro atoms. The molecular formula is C13H27ClN2O2. The van der Waals surface area contributed by atoms with Crippen LogP contribution in [0.1, 0.15) is 39.0 Å². The van der Waals surface area contributed by atoms with Gasteiger partial charge in [-0.25, -0.2) is 0 Å². The van der Waals surface area contributed by atoms with E-state index in [2.05, 4.69) is 12.2 Å². The molecule has 0 saturated heterocycles. The van der Waals surface area contributed by atoms with Gasteiger partial charge in [0.2, 0.25) is 5.91 Å². The Morgan fingerprint density at radius 2 is 2.11 bits per heavy atom. The van der Waals surface area contributed by atoms with Crippen LogP contribution in [0.25, 0.3) is 0 Å². The van der Waals surface area contributed by atoms with Gasteiger partial charge in [0, 0.05) is 13.7 Å². The molecule has 3 N–H and O–H groups in total. The van der Waals surface area contributed by atoms with Crippen molar-refractivity contribution in [2.75, 3.05) is 20.3 Å². The average Bonchev–Trinajstić information content (AvgIpc) is 2.31. The zero-order valence-electron chi connectivity index (χ0n) is 11.5. The molecule has 0 aliphatic heterocycles. The number of nitrogens with one attached hydrogen (secondary N) is 1. The summed E-state index contributed by atoms with van der Waals surface area (Å²) in [7, 11) is 1.55. The van der Waals surface area contributed by atoms with Crippen molar-refractivity contribution >= 4 is 18.3 Å². The van der Waals surface area contributed by atoms with E-state index in [9.17, 15) is 4.79 Å². The lowest BCUT2D eigenvalue weighted by atomic mass is 9.79. The number of hydrogen-bond donors (Lipinski definition) is 2. The molecule has 1 aliphatic carbocycles. The molecule has 0 heterocycles. The predicted octanol–water partition coefficient (Wildman–Crippen LogP) is 1.71. The summed E-state index contributed by atoms with van der Waals surface area (Å²) in [5.41, 5.74) is 5.64. The van der Waals surface area contributed by atoms with Gasteiger partial charge in [0.1, 0.15) is 6.04 Å². The monoisotopic (exact) mass is 278 g/mol. The van der Waals surface area contributed by atoms with Crippen molar-refractivity contribution in [1.29, 1.82) is 0 Å². The molecule has 0 radical (unpaired) electrons. The van der Waals surface area contributed by atoms with Gasteiger partial charge in [-0.05, 0) is 18.3 Å². The van der Waals surface area contributed by atoms with Crippen LogP contribution in [-0.4, -0.2) is 32.2 Å². The van der Waals surface area contributed by atoms with Gasteiger partial charge in [0.25, 0.3) is 0 Å². The number of methoxy groups -OCH3 is 1. The van der Waals surface area contributed by atoms with Gasteiger partial charge in [-0.2, -0.15) is 0 Å². The van der Waals surface area contributed by atoms with Crippen molar-refractivity contribution < 1.29 is 9.53 Å². The molecule has 1 saturated carbocycles. The van der Waals surface area contributed by atoms with E-state index in [0.29, 0.717) is 0 Å². The highest BCUT2D eigenvalue weighted by molar-refractivity contribution is 5.85. The Morgan fingerprint density at radius 1 is 1.44 bits per heavy atom. The molecule has 5 heteroatoms. The molecule has 1 aliphatic rings. The van der Waals surface area contributed by atoms with Gasteiger partial charge >= 0.3 is 0 Å². The Bertz CT molecular complexity index is 239. The van der Waals surface area contributed by atoms with E-state index in [1.54, 1.807) is 7.11 Å². The summed E-state index contributed by atoms with van der Waals surface area (Å²) in [6.45, 7) is 3.35. The van der Waals surface area contributed by atoms with Crippen molar-refractivity contribution in [3.8, 4) is 0 Å². The molecule has 18 heavy (non-hydrogen) atoms. The smallest absolute Gasteiger partial charge is 0.239 e. The van der Waals surface area contributed by atoms with Crippen molar-refractivity contribution in [2.45, 2.75) is 45.1 Å². The molecule has 108 valence electrons. The molecule has 1 fully saturated rings. The highest BCUT2D eigenvalue weighted by Crippen LogP contribution is 2.31. The molecule has 0 aromatic rings. The molecule has 0 bridgehead atoms. The summed E-state index contributed by atoms with van der Waals surface area (Å²) < 4.78 is 4.85. The molecule has 1 amide bonds. The normalized spacial score (nSPS) is 25.1. The quantitative estimate of drug-likeness (QED) is 0.777. The second-order valence-electron chi connectivity index (χ2n) is 5.16. The zero-order valence-corrected chi connectivity index (χ0v) is 12.3. The number of amides is 1. The predicted molar refractivity (Wildman–Crippen MR) is 75.8 cm³/mol. The fourth-order valence-electron chi connectivity index (χ4n) is 2.59. The van der Waals surface area contributed by atoms with Crippen molar-refractivity contribution in [3.63, 3.8) is 0 Å². The van der Waals surface area contributed by atoms with E-state index in [1.165, 1.54) is 25.7 Å². The number of rotatable bonds is 6. The Hall–Kier alpha value is -0.320. The van der Waals surface area contributed by atoms with E-state index in [1.807, 2.05) is 0 Å². The molecule has 4 nitrogen and oxygen atoms in total. The Kier molecular flexibility index (Phi) is 9.42. The third-order valence-electron chi connectivity index (χ3n) is 3.79. The van der Waals surface area contributed by atoms with Crippen LogP contribution in [0.2, 0.25) is 0 Å². The number of hydrogen-bond acceptors (Lipinski definition) is 3. The van der Waals surface area contributed by atoms with E-state index in [4.69, 9.17) is 10.5 Å². The van der Waals surface area contributed by atoms with Crippen LogP contribution in [-0.2, 0) is 9.53 Å². The summed E-state index contributed by atoms with van der Waals surface area (Å²) in [5, 5.41) is 2.89.